The number of carbonyl (C=O) groups excluding carboxylic acids is 1. The smallest absolute Gasteiger partial charge is 0.326 e. The maximum atomic E-state index is 13.0. The highest BCUT2D eigenvalue weighted by Gasteiger charge is 2.26. The highest BCUT2D eigenvalue weighted by molar-refractivity contribution is 5.97. The van der Waals surface area contributed by atoms with Crippen LogP contribution in [0.1, 0.15) is 58.7 Å². The van der Waals surface area contributed by atoms with Crippen LogP contribution in [0.2, 0.25) is 0 Å². The molecule has 0 radical (unpaired) electrons. The number of anilines is 1. The minimum atomic E-state index is -1.01. The largest absolute Gasteiger partial charge is 0.480 e. The van der Waals surface area contributed by atoms with Gasteiger partial charge in [-0.15, -0.1) is 0 Å². The van der Waals surface area contributed by atoms with Crippen molar-refractivity contribution in [3.8, 4) is 5.69 Å². The lowest BCUT2D eigenvalue weighted by atomic mass is 10.00. The van der Waals surface area contributed by atoms with Gasteiger partial charge in [0.05, 0.1) is 11.4 Å². The zero-order valence-corrected chi connectivity index (χ0v) is 22.8. The number of carboxylic acids is 1. The van der Waals surface area contributed by atoms with Crippen molar-refractivity contribution < 1.29 is 14.7 Å². The first-order valence-electron chi connectivity index (χ1n) is 14.0. The molecular weight excluding hydrogens is 492 g/mol. The van der Waals surface area contributed by atoms with E-state index in [4.69, 9.17) is 4.98 Å². The number of nitrogens with one attached hydrogen (secondary N) is 2. The Balaban J connectivity index is 1.11. The molecule has 5 rings (SSSR count). The van der Waals surface area contributed by atoms with Gasteiger partial charge in [0.25, 0.3) is 5.91 Å². The Labute approximate surface area is 229 Å². The predicted octanol–water partition coefficient (Wildman–Crippen LogP) is 3.77. The molecule has 3 aromatic rings. The normalized spacial score (nSPS) is 17.8. The van der Waals surface area contributed by atoms with Crippen LogP contribution < -0.4 is 10.6 Å². The van der Waals surface area contributed by atoms with E-state index in [2.05, 4.69) is 32.8 Å². The van der Waals surface area contributed by atoms with E-state index in [0.29, 0.717) is 24.4 Å². The van der Waals surface area contributed by atoms with E-state index < -0.39 is 17.9 Å². The van der Waals surface area contributed by atoms with Crippen molar-refractivity contribution in [3.05, 3.63) is 70.7 Å². The van der Waals surface area contributed by atoms with Crippen LogP contribution in [-0.2, 0) is 17.6 Å². The molecule has 2 aliphatic rings. The lowest BCUT2D eigenvalue weighted by molar-refractivity contribution is -0.139. The van der Waals surface area contributed by atoms with E-state index in [1.807, 2.05) is 26.0 Å². The fourth-order valence-electron chi connectivity index (χ4n) is 5.69. The zero-order chi connectivity index (χ0) is 27.4. The average molecular weight is 531 g/mol. The highest BCUT2D eigenvalue weighted by atomic mass is 16.4. The Morgan fingerprint density at radius 3 is 2.87 bits per heavy atom. The molecule has 9 nitrogen and oxygen atoms in total. The van der Waals surface area contributed by atoms with E-state index in [-0.39, 0.29) is 0 Å². The Morgan fingerprint density at radius 1 is 1.21 bits per heavy atom. The van der Waals surface area contributed by atoms with Crippen LogP contribution in [0.15, 0.2) is 42.5 Å². The number of hydrogen-bond acceptors (Lipinski definition) is 6. The summed E-state index contributed by atoms with van der Waals surface area (Å²) in [5.41, 5.74) is 5.49. The molecule has 2 aliphatic heterocycles. The third kappa shape index (κ3) is 6.65. The molecule has 0 spiro atoms. The van der Waals surface area contributed by atoms with E-state index in [0.717, 1.165) is 80.3 Å². The molecule has 0 aliphatic carbocycles. The van der Waals surface area contributed by atoms with Gasteiger partial charge in [-0.2, -0.15) is 5.10 Å². The van der Waals surface area contributed by atoms with Gasteiger partial charge in [0.15, 0.2) is 0 Å². The van der Waals surface area contributed by atoms with Crippen LogP contribution >= 0.6 is 0 Å². The van der Waals surface area contributed by atoms with Gasteiger partial charge in [-0.3, -0.25) is 4.79 Å². The van der Waals surface area contributed by atoms with Crippen molar-refractivity contribution in [1.82, 2.24) is 25.0 Å². The summed E-state index contributed by atoms with van der Waals surface area (Å²) in [4.78, 5) is 32.1. The molecule has 0 bridgehead atoms. The number of carboxylic acid groups (broad SMARTS) is 1. The number of likely N-dealkylation sites (tertiary alicyclic amines) is 1. The number of rotatable bonds is 10. The molecule has 2 aromatic heterocycles. The minimum Gasteiger partial charge on any atom is -0.480 e. The van der Waals surface area contributed by atoms with E-state index >= 15 is 0 Å². The van der Waals surface area contributed by atoms with E-state index in [1.165, 1.54) is 5.56 Å². The molecule has 1 saturated heterocycles. The molecule has 9 heteroatoms. The van der Waals surface area contributed by atoms with Crippen molar-refractivity contribution >= 4 is 17.7 Å². The number of hydrogen-bond donors (Lipinski definition) is 3. The third-order valence-electron chi connectivity index (χ3n) is 7.83. The van der Waals surface area contributed by atoms with Gasteiger partial charge >= 0.3 is 5.97 Å². The first-order valence-corrected chi connectivity index (χ1v) is 14.0. The first-order chi connectivity index (χ1) is 18.9. The fourth-order valence-corrected chi connectivity index (χ4v) is 5.69. The number of aromatic nitrogens is 3. The monoisotopic (exact) mass is 530 g/mol. The summed E-state index contributed by atoms with van der Waals surface area (Å²) in [6, 6.07) is 12.5. The summed E-state index contributed by atoms with van der Waals surface area (Å²) in [5.74, 6) is 0.218. The molecule has 0 saturated carbocycles. The van der Waals surface area contributed by atoms with Gasteiger partial charge in [0.1, 0.15) is 11.9 Å². The highest BCUT2D eigenvalue weighted by Crippen LogP contribution is 2.24. The molecule has 1 amide bonds. The van der Waals surface area contributed by atoms with Gasteiger partial charge in [-0.1, -0.05) is 12.1 Å². The van der Waals surface area contributed by atoms with Crippen molar-refractivity contribution in [3.63, 3.8) is 0 Å². The number of amides is 1. The second-order valence-corrected chi connectivity index (χ2v) is 10.9. The van der Waals surface area contributed by atoms with Crippen LogP contribution in [0.3, 0.4) is 0 Å². The van der Waals surface area contributed by atoms with Gasteiger partial charge in [-0.05, 0) is 101 Å². The lowest BCUT2D eigenvalue weighted by Crippen LogP contribution is -2.43. The molecule has 3 N–H and O–H groups in total. The van der Waals surface area contributed by atoms with E-state index in [9.17, 15) is 14.7 Å². The summed E-state index contributed by atoms with van der Waals surface area (Å²) in [5, 5.41) is 20.4. The Kier molecular flexibility index (Phi) is 8.26. The molecule has 39 heavy (non-hydrogen) atoms. The quantitative estimate of drug-likeness (QED) is 0.366. The standard InChI is InChI=1S/C30H38N6O3/c1-20-17-21(2)36(34-20)26-7-3-5-24(18-26)29(37)33-27(30(38)39)13-16-35-15-12-22(19-35)8-10-25-11-9-23-6-4-14-31-28(23)32-25/h3,5,7,9,11,17-18,22,27H,4,6,8,10,12-16,19H2,1-2H3,(H,31,32)(H,33,37)(H,38,39)/t22-,27+/m0/s1. The topological polar surface area (TPSA) is 112 Å². The molecule has 2 atom stereocenters. The van der Waals surface area contributed by atoms with Crippen molar-refractivity contribution in [1.29, 1.82) is 0 Å². The number of aliphatic carboxylic acids is 1. The van der Waals surface area contributed by atoms with E-state index in [1.54, 1.807) is 22.9 Å². The number of fused-ring (bicyclic) bond motifs is 1. The van der Waals surface area contributed by atoms with Crippen LogP contribution in [0.25, 0.3) is 5.69 Å². The molecule has 206 valence electrons. The van der Waals surface area contributed by atoms with Gasteiger partial charge in [-0.25, -0.2) is 14.5 Å². The van der Waals surface area contributed by atoms with Crippen molar-refractivity contribution in [2.24, 2.45) is 5.92 Å². The zero-order valence-electron chi connectivity index (χ0n) is 22.8. The Bertz CT molecular complexity index is 1340. The summed E-state index contributed by atoms with van der Waals surface area (Å²) in [6.07, 6.45) is 5.76. The molecular formula is C30H38N6O3. The van der Waals surface area contributed by atoms with Crippen LogP contribution in [0, 0.1) is 19.8 Å². The summed E-state index contributed by atoms with van der Waals surface area (Å²) < 4.78 is 1.78. The maximum Gasteiger partial charge on any atom is 0.326 e. The second kappa shape index (κ2) is 12.0. The second-order valence-electron chi connectivity index (χ2n) is 10.9. The van der Waals surface area contributed by atoms with Gasteiger partial charge in [0, 0.05) is 36.6 Å². The lowest BCUT2D eigenvalue weighted by Gasteiger charge is -2.20. The number of pyridine rings is 1. The third-order valence-corrected chi connectivity index (χ3v) is 7.83. The molecule has 1 aromatic carbocycles. The Hall–Kier alpha value is -3.72. The van der Waals surface area contributed by atoms with Crippen LogP contribution in [-0.4, -0.2) is 68.9 Å². The average Bonchev–Trinajstić information content (AvgIpc) is 3.54. The summed E-state index contributed by atoms with van der Waals surface area (Å²) in [7, 11) is 0. The molecule has 4 heterocycles. The summed E-state index contributed by atoms with van der Waals surface area (Å²) in [6.45, 7) is 7.42. The number of aryl methyl sites for hydroxylation is 4. The minimum absolute atomic E-state index is 0.364. The number of benzene rings is 1. The van der Waals surface area contributed by atoms with Crippen LogP contribution in [0.4, 0.5) is 5.82 Å². The van der Waals surface area contributed by atoms with Crippen molar-refractivity contribution in [2.75, 3.05) is 31.5 Å². The van der Waals surface area contributed by atoms with Gasteiger partial charge in [0.2, 0.25) is 0 Å². The number of nitrogens with zero attached hydrogens (tertiary/aromatic N) is 4. The maximum absolute atomic E-state index is 13.0. The SMILES string of the molecule is Cc1cc(C)n(-c2cccc(C(=O)N[C@H](CCN3CC[C@H](CCc4ccc5c(n4)NCCC5)C3)C(=O)O)c2)n1. The fraction of sp³-hybridized carbons (Fsp3) is 0.467. The Morgan fingerprint density at radius 2 is 2.08 bits per heavy atom. The molecule has 0 unspecified atom stereocenters. The predicted molar refractivity (Wildman–Crippen MR) is 150 cm³/mol. The first kappa shape index (κ1) is 26.9. The summed E-state index contributed by atoms with van der Waals surface area (Å²) >= 11 is 0. The number of carbonyl (C=O) groups is 2. The van der Waals surface area contributed by atoms with Gasteiger partial charge < -0.3 is 20.6 Å². The van der Waals surface area contributed by atoms with Crippen LogP contribution in [0.5, 0.6) is 0 Å². The van der Waals surface area contributed by atoms with Crippen molar-refractivity contribution in [2.45, 2.75) is 58.4 Å². The molecule has 1 fully saturated rings.